The fourth-order valence-corrected chi connectivity index (χ4v) is 3.17. The lowest BCUT2D eigenvalue weighted by atomic mass is 10.2. The van der Waals surface area contributed by atoms with E-state index in [0.29, 0.717) is 29.1 Å². The van der Waals surface area contributed by atoms with Crippen LogP contribution in [0.4, 0.5) is 5.13 Å². The summed E-state index contributed by atoms with van der Waals surface area (Å²) in [5, 5.41) is 5.23. The lowest BCUT2D eigenvalue weighted by Gasteiger charge is -2.13. The molecule has 0 aliphatic rings. The SMILES string of the molecule is Cc1csc(NC(=O)c2cc(OCCc3ccccc3)nc(OC(C)C)c2)n1. The number of anilines is 1. The number of benzene rings is 1. The number of rotatable bonds is 8. The van der Waals surface area contributed by atoms with E-state index < -0.39 is 0 Å². The van der Waals surface area contributed by atoms with E-state index in [9.17, 15) is 4.79 Å². The van der Waals surface area contributed by atoms with E-state index in [0.717, 1.165) is 12.1 Å². The number of nitrogens with zero attached hydrogens (tertiary/aromatic N) is 2. The highest BCUT2D eigenvalue weighted by Crippen LogP contribution is 2.22. The molecule has 0 fully saturated rings. The minimum atomic E-state index is -0.279. The van der Waals surface area contributed by atoms with Gasteiger partial charge in [-0.05, 0) is 26.3 Å². The van der Waals surface area contributed by atoms with Crippen molar-refractivity contribution in [3.8, 4) is 11.8 Å². The maximum Gasteiger partial charge on any atom is 0.257 e. The van der Waals surface area contributed by atoms with Crippen molar-refractivity contribution >= 4 is 22.4 Å². The zero-order chi connectivity index (χ0) is 19.9. The average molecular weight is 398 g/mol. The number of hydrogen-bond donors (Lipinski definition) is 1. The van der Waals surface area contributed by atoms with Crippen LogP contribution in [0.2, 0.25) is 0 Å². The number of carbonyl (C=O) groups excluding carboxylic acids is 1. The normalized spacial score (nSPS) is 10.7. The lowest BCUT2D eigenvalue weighted by Crippen LogP contribution is -2.14. The van der Waals surface area contributed by atoms with Crippen LogP contribution < -0.4 is 14.8 Å². The number of thiazole rings is 1. The molecule has 0 bridgehead atoms. The quantitative estimate of drug-likeness (QED) is 0.605. The van der Waals surface area contributed by atoms with Crippen molar-refractivity contribution in [2.75, 3.05) is 11.9 Å². The third kappa shape index (κ3) is 5.79. The highest BCUT2D eigenvalue weighted by molar-refractivity contribution is 7.13. The largest absolute Gasteiger partial charge is 0.477 e. The van der Waals surface area contributed by atoms with Crippen molar-refractivity contribution in [3.05, 3.63) is 64.7 Å². The minimum absolute atomic E-state index is 0.0652. The molecule has 1 amide bonds. The molecule has 28 heavy (non-hydrogen) atoms. The van der Waals surface area contributed by atoms with E-state index in [1.54, 1.807) is 12.1 Å². The fraction of sp³-hybridized carbons (Fsp3) is 0.286. The molecule has 0 radical (unpaired) electrons. The van der Waals surface area contributed by atoms with Gasteiger partial charge < -0.3 is 9.47 Å². The molecule has 6 nitrogen and oxygen atoms in total. The van der Waals surface area contributed by atoms with Gasteiger partial charge in [0.15, 0.2) is 5.13 Å². The third-order valence-corrected chi connectivity index (χ3v) is 4.60. The van der Waals surface area contributed by atoms with Crippen molar-refractivity contribution in [3.63, 3.8) is 0 Å². The molecular weight excluding hydrogens is 374 g/mol. The molecule has 0 aliphatic carbocycles. The van der Waals surface area contributed by atoms with Crippen molar-refractivity contribution in [2.24, 2.45) is 0 Å². The van der Waals surface area contributed by atoms with E-state index >= 15 is 0 Å². The number of nitrogens with one attached hydrogen (secondary N) is 1. The van der Waals surface area contributed by atoms with Crippen LogP contribution in [0, 0.1) is 6.92 Å². The first kappa shape index (κ1) is 19.8. The summed E-state index contributed by atoms with van der Waals surface area (Å²) >= 11 is 1.38. The molecule has 0 saturated carbocycles. The van der Waals surface area contributed by atoms with Gasteiger partial charge in [0, 0.05) is 23.9 Å². The monoisotopic (exact) mass is 397 g/mol. The minimum Gasteiger partial charge on any atom is -0.477 e. The van der Waals surface area contributed by atoms with Crippen molar-refractivity contribution in [2.45, 2.75) is 33.3 Å². The topological polar surface area (TPSA) is 73.3 Å². The van der Waals surface area contributed by atoms with Gasteiger partial charge in [-0.25, -0.2) is 4.98 Å². The predicted molar refractivity (Wildman–Crippen MR) is 110 cm³/mol. The summed E-state index contributed by atoms with van der Waals surface area (Å²) in [6, 6.07) is 13.3. The number of hydrogen-bond acceptors (Lipinski definition) is 6. The maximum atomic E-state index is 12.6. The molecule has 1 N–H and O–H groups in total. The Kier molecular flexibility index (Phi) is 6.60. The summed E-state index contributed by atoms with van der Waals surface area (Å²) in [5.74, 6) is 0.431. The van der Waals surface area contributed by atoms with Crippen LogP contribution >= 0.6 is 11.3 Å². The summed E-state index contributed by atoms with van der Waals surface area (Å²) < 4.78 is 11.5. The standard InChI is InChI=1S/C21H23N3O3S/c1-14(2)27-19-12-17(20(25)24-21-22-15(3)13-28-21)11-18(23-19)26-10-9-16-7-5-4-6-8-16/h4-8,11-14H,9-10H2,1-3H3,(H,22,24,25). The van der Waals surface area contributed by atoms with E-state index in [-0.39, 0.29) is 12.0 Å². The zero-order valence-corrected chi connectivity index (χ0v) is 17.0. The molecule has 0 unspecified atom stereocenters. The Balaban J connectivity index is 1.73. The molecule has 3 aromatic rings. The Labute approximate surface area is 168 Å². The molecule has 146 valence electrons. The first-order valence-corrected chi connectivity index (χ1v) is 9.96. The smallest absolute Gasteiger partial charge is 0.257 e. The molecule has 0 atom stereocenters. The van der Waals surface area contributed by atoms with Gasteiger partial charge in [0.2, 0.25) is 11.8 Å². The van der Waals surface area contributed by atoms with Crippen molar-refractivity contribution < 1.29 is 14.3 Å². The number of aryl methyl sites for hydroxylation is 1. The van der Waals surface area contributed by atoms with Crippen LogP contribution in [0.5, 0.6) is 11.8 Å². The van der Waals surface area contributed by atoms with E-state index in [2.05, 4.69) is 15.3 Å². The van der Waals surface area contributed by atoms with Gasteiger partial charge in [-0.1, -0.05) is 30.3 Å². The summed E-state index contributed by atoms with van der Waals surface area (Å²) in [7, 11) is 0. The lowest BCUT2D eigenvalue weighted by molar-refractivity contribution is 0.102. The van der Waals surface area contributed by atoms with Gasteiger partial charge in [0.1, 0.15) is 0 Å². The number of pyridine rings is 1. The molecule has 1 aromatic carbocycles. The first-order valence-electron chi connectivity index (χ1n) is 9.08. The number of amides is 1. The molecule has 0 saturated heterocycles. The molecule has 0 spiro atoms. The second-order valence-corrected chi connectivity index (χ2v) is 7.39. The van der Waals surface area contributed by atoms with Gasteiger partial charge in [0.05, 0.1) is 24.0 Å². The summed E-state index contributed by atoms with van der Waals surface area (Å²) in [6.45, 7) is 6.14. The first-order chi connectivity index (χ1) is 13.5. The summed E-state index contributed by atoms with van der Waals surface area (Å²) in [6.07, 6.45) is 0.683. The van der Waals surface area contributed by atoms with Crippen LogP contribution in [0.25, 0.3) is 0 Å². The van der Waals surface area contributed by atoms with Crippen LogP contribution in [0.1, 0.15) is 35.5 Å². The van der Waals surface area contributed by atoms with Gasteiger partial charge in [-0.15, -0.1) is 11.3 Å². The highest BCUT2D eigenvalue weighted by Gasteiger charge is 2.14. The summed E-state index contributed by atoms with van der Waals surface area (Å²) in [4.78, 5) is 21.2. The molecule has 3 rings (SSSR count). The third-order valence-electron chi connectivity index (χ3n) is 3.72. The van der Waals surface area contributed by atoms with Crippen LogP contribution in [0.3, 0.4) is 0 Å². The van der Waals surface area contributed by atoms with Crippen LogP contribution in [-0.2, 0) is 6.42 Å². The highest BCUT2D eigenvalue weighted by atomic mass is 32.1. The number of aromatic nitrogens is 2. The van der Waals surface area contributed by atoms with Crippen LogP contribution in [-0.4, -0.2) is 28.6 Å². The average Bonchev–Trinajstić information content (AvgIpc) is 3.06. The summed E-state index contributed by atoms with van der Waals surface area (Å²) in [5.41, 5.74) is 2.45. The second kappa shape index (κ2) is 9.32. The zero-order valence-electron chi connectivity index (χ0n) is 16.1. The molecule has 0 aliphatic heterocycles. The van der Waals surface area contributed by atoms with Crippen molar-refractivity contribution in [1.82, 2.24) is 9.97 Å². The molecule has 7 heteroatoms. The second-order valence-electron chi connectivity index (χ2n) is 6.53. The van der Waals surface area contributed by atoms with Gasteiger partial charge in [0.25, 0.3) is 5.91 Å². The Bertz CT molecular complexity index is 926. The number of carbonyl (C=O) groups is 1. The van der Waals surface area contributed by atoms with E-state index in [1.165, 1.54) is 16.9 Å². The van der Waals surface area contributed by atoms with E-state index in [4.69, 9.17) is 9.47 Å². The van der Waals surface area contributed by atoms with Crippen LogP contribution in [0.15, 0.2) is 47.8 Å². The Morgan fingerprint density at radius 3 is 2.57 bits per heavy atom. The van der Waals surface area contributed by atoms with Gasteiger partial charge in [-0.2, -0.15) is 4.98 Å². The van der Waals surface area contributed by atoms with Gasteiger partial charge >= 0.3 is 0 Å². The Morgan fingerprint density at radius 1 is 1.14 bits per heavy atom. The van der Waals surface area contributed by atoms with E-state index in [1.807, 2.05) is 56.5 Å². The Hall–Kier alpha value is -2.93. The maximum absolute atomic E-state index is 12.6. The molecule has 2 heterocycles. The molecular formula is C21H23N3O3S. The predicted octanol–water partition coefficient (Wildman–Crippen LogP) is 4.51. The van der Waals surface area contributed by atoms with Gasteiger partial charge in [-0.3, -0.25) is 10.1 Å². The number of ether oxygens (including phenoxy) is 2. The Morgan fingerprint density at radius 2 is 1.89 bits per heavy atom. The molecule has 2 aromatic heterocycles. The fourth-order valence-electron chi connectivity index (χ4n) is 2.49. The van der Waals surface area contributed by atoms with Crippen molar-refractivity contribution in [1.29, 1.82) is 0 Å².